The van der Waals surface area contributed by atoms with E-state index in [9.17, 15) is 4.79 Å². The van der Waals surface area contributed by atoms with Gasteiger partial charge < -0.3 is 19.7 Å². The summed E-state index contributed by atoms with van der Waals surface area (Å²) in [6, 6.07) is 17.7. The molecule has 1 aliphatic heterocycles. The quantitative estimate of drug-likeness (QED) is 0.791. The van der Waals surface area contributed by atoms with Crippen molar-refractivity contribution in [2.24, 2.45) is 5.92 Å². The van der Waals surface area contributed by atoms with Crippen LogP contribution in [0.3, 0.4) is 0 Å². The van der Waals surface area contributed by atoms with E-state index < -0.39 is 0 Å². The van der Waals surface area contributed by atoms with Gasteiger partial charge in [0.1, 0.15) is 11.5 Å². The monoisotopic (exact) mass is 354 g/mol. The lowest BCUT2D eigenvalue weighted by Crippen LogP contribution is -2.31. The number of rotatable bonds is 8. The summed E-state index contributed by atoms with van der Waals surface area (Å²) >= 11 is 0. The number of anilines is 1. The molecule has 5 heteroatoms. The van der Waals surface area contributed by atoms with E-state index in [1.54, 1.807) is 7.11 Å². The van der Waals surface area contributed by atoms with Gasteiger partial charge in [0.2, 0.25) is 5.91 Å². The first-order valence-corrected chi connectivity index (χ1v) is 9.08. The Labute approximate surface area is 154 Å². The molecule has 0 aliphatic carbocycles. The van der Waals surface area contributed by atoms with Crippen LogP contribution in [0.1, 0.15) is 12.8 Å². The average Bonchev–Trinajstić information content (AvgIpc) is 3.16. The fourth-order valence-corrected chi connectivity index (χ4v) is 3.15. The van der Waals surface area contributed by atoms with Crippen molar-refractivity contribution in [2.45, 2.75) is 12.8 Å². The van der Waals surface area contributed by atoms with E-state index in [2.05, 4.69) is 22.3 Å². The largest absolute Gasteiger partial charge is 0.497 e. The number of hydrogen-bond acceptors (Lipinski definition) is 4. The molecule has 0 bridgehead atoms. The Hall–Kier alpha value is -2.69. The van der Waals surface area contributed by atoms with Gasteiger partial charge in [-0.05, 0) is 48.7 Å². The molecule has 0 aromatic heterocycles. The summed E-state index contributed by atoms with van der Waals surface area (Å²) in [4.78, 5) is 14.3. The maximum atomic E-state index is 12.0. The van der Waals surface area contributed by atoms with Crippen molar-refractivity contribution in [3.63, 3.8) is 0 Å². The first-order valence-electron chi connectivity index (χ1n) is 9.08. The molecule has 138 valence electrons. The van der Waals surface area contributed by atoms with Crippen molar-refractivity contribution in [3.05, 3.63) is 54.6 Å². The van der Waals surface area contributed by atoms with Crippen LogP contribution in [0.4, 0.5) is 5.69 Å². The number of nitrogens with zero attached hydrogens (tertiary/aromatic N) is 1. The third-order valence-electron chi connectivity index (χ3n) is 4.65. The molecule has 2 aromatic rings. The van der Waals surface area contributed by atoms with Gasteiger partial charge in [0.25, 0.3) is 0 Å². The second-order valence-corrected chi connectivity index (χ2v) is 6.51. The van der Waals surface area contributed by atoms with Crippen molar-refractivity contribution in [1.29, 1.82) is 0 Å². The van der Waals surface area contributed by atoms with E-state index in [4.69, 9.17) is 9.47 Å². The van der Waals surface area contributed by atoms with Crippen LogP contribution < -0.4 is 19.7 Å². The smallest absolute Gasteiger partial charge is 0.223 e. The highest BCUT2D eigenvalue weighted by Gasteiger charge is 2.23. The summed E-state index contributed by atoms with van der Waals surface area (Å²) in [5.74, 6) is 2.20. The van der Waals surface area contributed by atoms with E-state index >= 15 is 0 Å². The van der Waals surface area contributed by atoms with Gasteiger partial charge in [0, 0.05) is 25.3 Å². The van der Waals surface area contributed by atoms with Crippen LogP contribution >= 0.6 is 0 Å². The Morgan fingerprint density at radius 2 is 1.88 bits per heavy atom. The molecule has 5 nitrogen and oxygen atoms in total. The minimum absolute atomic E-state index is 0.0452. The van der Waals surface area contributed by atoms with E-state index in [1.807, 2.05) is 42.5 Å². The molecule has 1 N–H and O–H groups in total. The zero-order valence-corrected chi connectivity index (χ0v) is 15.2. The molecule has 0 radical (unpaired) electrons. The van der Waals surface area contributed by atoms with Crippen LogP contribution in [0.15, 0.2) is 54.6 Å². The Kier molecular flexibility index (Phi) is 6.36. The second kappa shape index (κ2) is 9.13. The normalized spacial score (nSPS) is 16.3. The first-order chi connectivity index (χ1) is 12.7. The van der Waals surface area contributed by atoms with E-state index in [0.717, 1.165) is 37.6 Å². The predicted octanol–water partition coefficient (Wildman–Crippen LogP) is 3.11. The summed E-state index contributed by atoms with van der Waals surface area (Å²) in [6.07, 6.45) is 1.47. The number of amides is 1. The van der Waals surface area contributed by atoms with Gasteiger partial charge in [0.05, 0.1) is 20.1 Å². The SMILES string of the molecule is COc1ccc(N2CCC(CNC(=O)CCOc3ccccc3)C2)cc1. The maximum Gasteiger partial charge on any atom is 0.223 e. The highest BCUT2D eigenvalue weighted by atomic mass is 16.5. The molecule has 0 spiro atoms. The first kappa shape index (κ1) is 18.1. The molecule has 1 aliphatic rings. The van der Waals surface area contributed by atoms with Crippen LogP contribution in [0.2, 0.25) is 0 Å². The van der Waals surface area contributed by atoms with Gasteiger partial charge in [0.15, 0.2) is 0 Å². The van der Waals surface area contributed by atoms with Crippen molar-refractivity contribution < 1.29 is 14.3 Å². The molecular formula is C21H26N2O3. The summed E-state index contributed by atoms with van der Waals surface area (Å²) in [5, 5.41) is 3.04. The van der Waals surface area contributed by atoms with Gasteiger partial charge in [-0.2, -0.15) is 0 Å². The van der Waals surface area contributed by atoms with Gasteiger partial charge in [-0.25, -0.2) is 0 Å². The Morgan fingerprint density at radius 1 is 1.12 bits per heavy atom. The van der Waals surface area contributed by atoms with Crippen LogP contribution in [0.25, 0.3) is 0 Å². The summed E-state index contributed by atoms with van der Waals surface area (Å²) < 4.78 is 10.8. The standard InChI is InChI=1S/C21H26N2O3/c1-25-19-9-7-18(8-10-19)23-13-11-17(16-23)15-22-21(24)12-14-26-20-5-3-2-4-6-20/h2-10,17H,11-16H2,1H3,(H,22,24). The van der Waals surface area contributed by atoms with Crippen molar-refractivity contribution in [1.82, 2.24) is 5.32 Å². The minimum Gasteiger partial charge on any atom is -0.497 e. The zero-order valence-electron chi connectivity index (χ0n) is 15.2. The fourth-order valence-electron chi connectivity index (χ4n) is 3.15. The van der Waals surface area contributed by atoms with Gasteiger partial charge in [-0.3, -0.25) is 4.79 Å². The average molecular weight is 354 g/mol. The van der Waals surface area contributed by atoms with E-state index in [1.165, 1.54) is 5.69 Å². The number of carbonyl (C=O) groups excluding carboxylic acids is 1. The number of methoxy groups -OCH3 is 1. The van der Waals surface area contributed by atoms with E-state index in [-0.39, 0.29) is 5.91 Å². The predicted molar refractivity (Wildman–Crippen MR) is 103 cm³/mol. The summed E-state index contributed by atoms with van der Waals surface area (Å²) in [7, 11) is 1.68. The van der Waals surface area contributed by atoms with Crippen molar-refractivity contribution >= 4 is 11.6 Å². The van der Waals surface area contributed by atoms with Crippen LogP contribution in [-0.2, 0) is 4.79 Å². The molecule has 1 heterocycles. The van der Waals surface area contributed by atoms with Crippen LogP contribution in [0, 0.1) is 5.92 Å². The number of carbonyl (C=O) groups is 1. The summed E-state index contributed by atoms with van der Waals surface area (Å²) in [6.45, 7) is 3.10. The number of benzene rings is 2. The third kappa shape index (κ3) is 5.15. The summed E-state index contributed by atoms with van der Waals surface area (Å²) in [5.41, 5.74) is 1.20. The fraction of sp³-hybridized carbons (Fsp3) is 0.381. The molecule has 1 amide bonds. The van der Waals surface area contributed by atoms with E-state index in [0.29, 0.717) is 18.9 Å². The van der Waals surface area contributed by atoms with Gasteiger partial charge in [-0.1, -0.05) is 18.2 Å². The zero-order chi connectivity index (χ0) is 18.2. The lowest BCUT2D eigenvalue weighted by molar-refractivity contribution is -0.121. The highest BCUT2D eigenvalue weighted by Crippen LogP contribution is 2.25. The molecule has 1 atom stereocenters. The molecule has 1 saturated heterocycles. The number of para-hydroxylation sites is 1. The van der Waals surface area contributed by atoms with Crippen LogP contribution in [0.5, 0.6) is 11.5 Å². The number of hydrogen-bond donors (Lipinski definition) is 1. The molecule has 2 aromatic carbocycles. The topological polar surface area (TPSA) is 50.8 Å². The van der Waals surface area contributed by atoms with Gasteiger partial charge >= 0.3 is 0 Å². The number of ether oxygens (including phenoxy) is 2. The lowest BCUT2D eigenvalue weighted by Gasteiger charge is -2.19. The third-order valence-corrected chi connectivity index (χ3v) is 4.65. The van der Waals surface area contributed by atoms with Crippen molar-refractivity contribution in [3.8, 4) is 11.5 Å². The molecule has 26 heavy (non-hydrogen) atoms. The molecule has 0 saturated carbocycles. The highest BCUT2D eigenvalue weighted by molar-refractivity contribution is 5.76. The van der Waals surface area contributed by atoms with Gasteiger partial charge in [-0.15, -0.1) is 0 Å². The molecular weight excluding hydrogens is 328 g/mol. The second-order valence-electron chi connectivity index (χ2n) is 6.51. The Balaban J connectivity index is 1.35. The molecule has 1 unspecified atom stereocenters. The lowest BCUT2D eigenvalue weighted by atomic mass is 10.1. The van der Waals surface area contributed by atoms with Crippen molar-refractivity contribution in [2.75, 3.05) is 38.3 Å². The minimum atomic E-state index is 0.0452. The Bertz CT molecular complexity index is 688. The van der Waals surface area contributed by atoms with Crippen LogP contribution in [-0.4, -0.2) is 39.3 Å². The number of nitrogens with one attached hydrogen (secondary N) is 1. The maximum absolute atomic E-state index is 12.0. The Morgan fingerprint density at radius 3 is 2.62 bits per heavy atom. The molecule has 1 fully saturated rings. The molecule has 3 rings (SSSR count).